The van der Waals surface area contributed by atoms with Crippen molar-refractivity contribution in [2.24, 2.45) is 0 Å². The highest BCUT2D eigenvalue weighted by Gasteiger charge is 2.23. The average molecular weight is 507 g/mol. The third kappa shape index (κ3) is 10.0. The number of carbonyl (C=O) groups excluding carboxylic acids is 2. The second kappa shape index (κ2) is 16.0. The number of benzene rings is 2. The lowest BCUT2D eigenvalue weighted by Crippen LogP contribution is -2.26. The maximum absolute atomic E-state index is 13.5. The first-order valence-electron chi connectivity index (χ1n) is 12.5. The van der Waals surface area contributed by atoms with Gasteiger partial charge in [0, 0.05) is 13.2 Å². The zero-order valence-corrected chi connectivity index (χ0v) is 21.2. The minimum Gasteiger partial charge on any atom is -0.425 e. The van der Waals surface area contributed by atoms with Gasteiger partial charge in [-0.05, 0) is 61.7 Å². The molecule has 6 nitrogen and oxygen atoms in total. The van der Waals surface area contributed by atoms with Gasteiger partial charge in [0.25, 0.3) is 0 Å². The van der Waals surface area contributed by atoms with E-state index in [-0.39, 0.29) is 23.7 Å². The molecule has 0 aliphatic heterocycles. The first-order chi connectivity index (χ1) is 17.3. The monoisotopic (exact) mass is 506 g/mol. The van der Waals surface area contributed by atoms with Gasteiger partial charge in [-0.2, -0.15) is 0 Å². The van der Waals surface area contributed by atoms with Crippen molar-refractivity contribution in [2.75, 3.05) is 19.8 Å². The molecule has 2 aromatic carbocycles. The Labute approximate surface area is 211 Å². The van der Waals surface area contributed by atoms with E-state index in [2.05, 4.69) is 6.92 Å². The van der Waals surface area contributed by atoms with Crippen LogP contribution in [0.25, 0.3) is 0 Å². The molecule has 0 aliphatic carbocycles. The van der Waals surface area contributed by atoms with Gasteiger partial charge in [0.15, 0.2) is 6.10 Å². The minimum absolute atomic E-state index is 0.0719. The third-order valence-corrected chi connectivity index (χ3v) is 5.52. The number of hydrogen-bond acceptors (Lipinski definition) is 6. The lowest BCUT2D eigenvalue weighted by Gasteiger charge is -2.17. The Bertz CT molecular complexity index is 915. The molecule has 0 saturated carbocycles. The maximum Gasteiger partial charge on any atom is 0.343 e. The highest BCUT2D eigenvalue weighted by molar-refractivity contribution is 5.91. The first kappa shape index (κ1) is 29.4. The van der Waals surface area contributed by atoms with E-state index in [9.17, 15) is 18.4 Å². The molecule has 0 bridgehead atoms. The Morgan fingerprint density at radius 2 is 1.42 bits per heavy atom. The van der Waals surface area contributed by atoms with Crippen molar-refractivity contribution in [3.05, 3.63) is 59.7 Å². The average Bonchev–Trinajstić information content (AvgIpc) is 2.87. The number of unbranched alkanes of at least 4 members (excludes halogenated alkanes) is 3. The number of halogens is 2. The van der Waals surface area contributed by atoms with Gasteiger partial charge in [0.2, 0.25) is 6.43 Å². The van der Waals surface area contributed by atoms with Crippen LogP contribution in [0, 0.1) is 0 Å². The van der Waals surface area contributed by atoms with Gasteiger partial charge in [-0.1, -0.05) is 45.2 Å². The summed E-state index contributed by atoms with van der Waals surface area (Å²) in [6, 6.07) is 11.9. The lowest BCUT2D eigenvalue weighted by molar-refractivity contribution is -0.146. The summed E-state index contributed by atoms with van der Waals surface area (Å²) in [5.74, 6) is -1.68. The lowest BCUT2D eigenvalue weighted by atomic mass is 10.0. The quantitative estimate of drug-likeness (QED) is 0.146. The van der Waals surface area contributed by atoms with Crippen molar-refractivity contribution in [3.8, 4) is 11.5 Å². The fourth-order valence-corrected chi connectivity index (χ4v) is 3.26. The van der Waals surface area contributed by atoms with Crippen LogP contribution in [0.5, 0.6) is 11.5 Å². The predicted octanol–water partition coefficient (Wildman–Crippen LogP) is 6.57. The van der Waals surface area contributed by atoms with Crippen molar-refractivity contribution in [1.82, 2.24) is 0 Å². The summed E-state index contributed by atoms with van der Waals surface area (Å²) in [5.41, 5.74) is 0.661. The molecule has 0 fully saturated rings. The van der Waals surface area contributed by atoms with Crippen molar-refractivity contribution >= 4 is 11.9 Å². The SMILES string of the molecule is CCCCCO[C@H](C)C(=O)Oc1ccc(C(=O)Oc2ccc([C@H](COCCCC)C(F)F)cc2)cc1. The fraction of sp³-hybridized carbons (Fsp3) is 0.500. The molecule has 0 heterocycles. The number of alkyl halides is 2. The van der Waals surface area contributed by atoms with Crippen LogP contribution in [0.2, 0.25) is 0 Å². The largest absolute Gasteiger partial charge is 0.425 e. The highest BCUT2D eigenvalue weighted by atomic mass is 19.3. The Hall–Kier alpha value is -2.84. The molecule has 0 N–H and O–H groups in total. The minimum atomic E-state index is -2.57. The summed E-state index contributed by atoms with van der Waals surface area (Å²) in [6.45, 7) is 6.59. The third-order valence-electron chi connectivity index (χ3n) is 5.52. The number of ether oxygens (including phenoxy) is 4. The smallest absolute Gasteiger partial charge is 0.343 e. The molecule has 0 spiro atoms. The van der Waals surface area contributed by atoms with Crippen molar-refractivity contribution in [1.29, 1.82) is 0 Å². The molecule has 36 heavy (non-hydrogen) atoms. The number of hydrogen-bond donors (Lipinski definition) is 0. The van der Waals surface area contributed by atoms with Crippen LogP contribution >= 0.6 is 0 Å². The van der Waals surface area contributed by atoms with E-state index in [4.69, 9.17) is 18.9 Å². The van der Waals surface area contributed by atoms with Gasteiger partial charge in [-0.15, -0.1) is 0 Å². The van der Waals surface area contributed by atoms with Crippen LogP contribution in [0.3, 0.4) is 0 Å². The zero-order chi connectivity index (χ0) is 26.3. The molecular formula is C28H36F2O6. The molecule has 0 unspecified atom stereocenters. The van der Waals surface area contributed by atoms with Crippen LogP contribution in [0.1, 0.15) is 74.7 Å². The molecule has 0 amide bonds. The van der Waals surface area contributed by atoms with E-state index in [1.165, 1.54) is 48.5 Å². The number of esters is 2. The molecular weight excluding hydrogens is 470 g/mol. The van der Waals surface area contributed by atoms with Gasteiger partial charge < -0.3 is 18.9 Å². The Morgan fingerprint density at radius 1 is 0.806 bits per heavy atom. The summed E-state index contributed by atoms with van der Waals surface area (Å²) in [7, 11) is 0. The molecule has 8 heteroatoms. The molecule has 0 aromatic heterocycles. The van der Waals surface area contributed by atoms with Crippen LogP contribution in [-0.4, -0.2) is 44.3 Å². The van der Waals surface area contributed by atoms with Gasteiger partial charge in [0.1, 0.15) is 11.5 Å². The van der Waals surface area contributed by atoms with Crippen molar-refractivity contribution < 1.29 is 37.3 Å². The van der Waals surface area contributed by atoms with Crippen molar-refractivity contribution in [3.63, 3.8) is 0 Å². The summed E-state index contributed by atoms with van der Waals surface area (Å²) in [4.78, 5) is 24.6. The summed E-state index contributed by atoms with van der Waals surface area (Å²) in [6.07, 6.45) is 1.48. The fourth-order valence-electron chi connectivity index (χ4n) is 3.26. The second-order valence-corrected chi connectivity index (χ2v) is 8.49. The van der Waals surface area contributed by atoms with Crippen LogP contribution in [-0.2, 0) is 14.3 Å². The molecule has 0 aliphatic rings. The Balaban J connectivity index is 1.88. The molecule has 2 atom stereocenters. The second-order valence-electron chi connectivity index (χ2n) is 8.49. The van der Waals surface area contributed by atoms with Crippen LogP contribution < -0.4 is 9.47 Å². The van der Waals surface area contributed by atoms with E-state index in [0.717, 1.165) is 32.1 Å². The highest BCUT2D eigenvalue weighted by Crippen LogP contribution is 2.26. The summed E-state index contributed by atoms with van der Waals surface area (Å²) < 4.78 is 48.4. The molecule has 0 radical (unpaired) electrons. The van der Waals surface area contributed by atoms with Crippen LogP contribution in [0.15, 0.2) is 48.5 Å². The van der Waals surface area contributed by atoms with E-state index in [0.29, 0.717) is 18.8 Å². The number of rotatable bonds is 16. The Morgan fingerprint density at radius 3 is 2.03 bits per heavy atom. The molecule has 198 valence electrons. The van der Waals surface area contributed by atoms with Gasteiger partial charge >= 0.3 is 11.9 Å². The maximum atomic E-state index is 13.5. The van der Waals surface area contributed by atoms with Crippen molar-refractivity contribution in [2.45, 2.75) is 71.3 Å². The van der Waals surface area contributed by atoms with Gasteiger partial charge in [0.05, 0.1) is 18.1 Å². The molecule has 2 aromatic rings. The van der Waals surface area contributed by atoms with E-state index in [1.54, 1.807) is 6.92 Å². The van der Waals surface area contributed by atoms with E-state index in [1.807, 2.05) is 6.92 Å². The topological polar surface area (TPSA) is 71.1 Å². The molecule has 2 rings (SSSR count). The predicted molar refractivity (Wildman–Crippen MR) is 133 cm³/mol. The molecule has 0 saturated heterocycles. The normalized spacial score (nSPS) is 12.8. The summed E-state index contributed by atoms with van der Waals surface area (Å²) in [5, 5.41) is 0. The zero-order valence-electron chi connectivity index (χ0n) is 21.2. The number of carbonyl (C=O) groups is 2. The first-order valence-corrected chi connectivity index (χ1v) is 12.5. The van der Waals surface area contributed by atoms with Crippen LogP contribution in [0.4, 0.5) is 8.78 Å². The van der Waals surface area contributed by atoms with Gasteiger partial charge in [-0.3, -0.25) is 0 Å². The van der Waals surface area contributed by atoms with E-state index < -0.39 is 30.4 Å². The van der Waals surface area contributed by atoms with Gasteiger partial charge in [-0.25, -0.2) is 18.4 Å². The standard InChI is InChI=1S/C28H36F2O6/c1-4-6-8-18-34-20(3)27(31)35-23-15-11-22(12-16-23)28(32)36-24-13-9-21(10-14-24)25(26(29)30)19-33-17-7-5-2/h9-16,20,25-26H,4-8,17-19H2,1-3H3/t20-,25+/m1/s1. The Kier molecular flexibility index (Phi) is 13.1. The summed E-state index contributed by atoms with van der Waals surface area (Å²) >= 11 is 0. The van der Waals surface area contributed by atoms with E-state index >= 15 is 0 Å².